The van der Waals surface area contributed by atoms with Crippen LogP contribution in [-0.2, 0) is 6.42 Å². The molecular formula is C18H21ClO. The van der Waals surface area contributed by atoms with E-state index in [0.717, 1.165) is 23.1 Å². The predicted octanol–water partition coefficient (Wildman–Crippen LogP) is 4.93. The molecule has 0 aromatic heterocycles. The van der Waals surface area contributed by atoms with Crippen molar-refractivity contribution in [2.24, 2.45) is 5.92 Å². The van der Waals surface area contributed by atoms with Crippen LogP contribution in [-0.4, -0.2) is 5.11 Å². The smallest absolute Gasteiger partial charge is 0.104 e. The van der Waals surface area contributed by atoms with Gasteiger partial charge in [0.25, 0.3) is 0 Å². The Kier molecular flexibility index (Phi) is 4.85. The van der Waals surface area contributed by atoms with Crippen LogP contribution in [0.5, 0.6) is 0 Å². The maximum absolute atomic E-state index is 10.5. The van der Waals surface area contributed by atoms with Crippen molar-refractivity contribution in [1.82, 2.24) is 0 Å². The van der Waals surface area contributed by atoms with Gasteiger partial charge in [-0.3, -0.25) is 0 Å². The topological polar surface area (TPSA) is 20.2 Å². The second-order valence-electron chi connectivity index (χ2n) is 5.70. The molecule has 0 aliphatic carbocycles. The van der Waals surface area contributed by atoms with Gasteiger partial charge in [0.05, 0.1) is 0 Å². The zero-order valence-electron chi connectivity index (χ0n) is 12.2. The van der Waals surface area contributed by atoms with E-state index in [1.807, 2.05) is 37.3 Å². The van der Waals surface area contributed by atoms with E-state index in [4.69, 9.17) is 11.6 Å². The summed E-state index contributed by atoms with van der Waals surface area (Å²) >= 11 is 6.12. The minimum Gasteiger partial charge on any atom is -0.384 e. The van der Waals surface area contributed by atoms with Crippen LogP contribution < -0.4 is 0 Å². The molecule has 0 saturated heterocycles. The molecular weight excluding hydrogens is 268 g/mol. The average molecular weight is 289 g/mol. The predicted molar refractivity (Wildman–Crippen MR) is 85.2 cm³/mol. The van der Waals surface area contributed by atoms with E-state index < -0.39 is 6.10 Å². The quantitative estimate of drug-likeness (QED) is 0.846. The van der Waals surface area contributed by atoms with Gasteiger partial charge in [0.2, 0.25) is 0 Å². The molecule has 0 fully saturated rings. The molecule has 0 radical (unpaired) electrons. The van der Waals surface area contributed by atoms with Crippen LogP contribution in [0.25, 0.3) is 0 Å². The van der Waals surface area contributed by atoms with Crippen molar-refractivity contribution in [3.63, 3.8) is 0 Å². The number of halogens is 1. The van der Waals surface area contributed by atoms with Crippen molar-refractivity contribution < 1.29 is 5.11 Å². The molecule has 0 aliphatic heterocycles. The summed E-state index contributed by atoms with van der Waals surface area (Å²) in [4.78, 5) is 0. The minimum atomic E-state index is -0.623. The van der Waals surface area contributed by atoms with Gasteiger partial charge in [0, 0.05) is 5.02 Å². The van der Waals surface area contributed by atoms with Gasteiger partial charge >= 0.3 is 0 Å². The van der Waals surface area contributed by atoms with Crippen molar-refractivity contribution >= 4 is 11.6 Å². The molecule has 2 rings (SSSR count). The molecule has 0 spiro atoms. The SMILES string of the molecule is Cc1c(Cl)cccc1C(O)c1ccc(CC(C)C)cc1. The third-order valence-electron chi connectivity index (χ3n) is 3.54. The van der Waals surface area contributed by atoms with Crippen LogP contribution in [0, 0.1) is 12.8 Å². The first-order valence-electron chi connectivity index (χ1n) is 7.01. The van der Waals surface area contributed by atoms with Crippen molar-refractivity contribution in [2.75, 3.05) is 0 Å². The Labute approximate surface area is 126 Å². The van der Waals surface area contributed by atoms with Crippen molar-refractivity contribution in [3.05, 3.63) is 69.7 Å². The molecule has 2 aromatic carbocycles. The lowest BCUT2D eigenvalue weighted by Crippen LogP contribution is -2.03. The van der Waals surface area contributed by atoms with Crippen LogP contribution >= 0.6 is 11.6 Å². The molecule has 106 valence electrons. The zero-order chi connectivity index (χ0) is 14.7. The molecule has 1 N–H and O–H groups in total. The molecule has 0 amide bonds. The Hall–Kier alpha value is -1.31. The summed E-state index contributed by atoms with van der Waals surface area (Å²) in [6.45, 7) is 6.35. The molecule has 2 heteroatoms. The molecule has 20 heavy (non-hydrogen) atoms. The van der Waals surface area contributed by atoms with E-state index in [1.165, 1.54) is 5.56 Å². The van der Waals surface area contributed by atoms with Gasteiger partial charge in [-0.2, -0.15) is 0 Å². The van der Waals surface area contributed by atoms with E-state index in [1.54, 1.807) is 0 Å². The highest BCUT2D eigenvalue weighted by Crippen LogP contribution is 2.28. The molecule has 0 saturated carbocycles. The minimum absolute atomic E-state index is 0.623. The van der Waals surface area contributed by atoms with Crippen LogP contribution in [0.2, 0.25) is 5.02 Å². The fourth-order valence-corrected chi connectivity index (χ4v) is 2.59. The van der Waals surface area contributed by atoms with Gasteiger partial charge in [-0.15, -0.1) is 0 Å². The maximum Gasteiger partial charge on any atom is 0.104 e. The van der Waals surface area contributed by atoms with Gasteiger partial charge in [-0.25, -0.2) is 0 Å². The number of aliphatic hydroxyl groups is 1. The lowest BCUT2D eigenvalue weighted by atomic mass is 9.95. The van der Waals surface area contributed by atoms with Crippen LogP contribution in [0.4, 0.5) is 0 Å². The van der Waals surface area contributed by atoms with E-state index in [0.29, 0.717) is 10.9 Å². The summed E-state index contributed by atoms with van der Waals surface area (Å²) in [5.41, 5.74) is 4.02. The molecule has 0 heterocycles. The number of aliphatic hydroxyl groups excluding tert-OH is 1. The first-order valence-corrected chi connectivity index (χ1v) is 7.38. The first-order chi connectivity index (χ1) is 9.49. The normalized spacial score (nSPS) is 12.7. The summed E-state index contributed by atoms with van der Waals surface area (Å²) in [5.74, 6) is 0.640. The Balaban J connectivity index is 2.25. The van der Waals surface area contributed by atoms with E-state index in [2.05, 4.69) is 26.0 Å². The zero-order valence-corrected chi connectivity index (χ0v) is 13.0. The number of hydrogen-bond acceptors (Lipinski definition) is 1. The van der Waals surface area contributed by atoms with Crippen molar-refractivity contribution in [2.45, 2.75) is 33.3 Å². The van der Waals surface area contributed by atoms with E-state index in [9.17, 15) is 5.11 Å². The van der Waals surface area contributed by atoms with Gasteiger partial charge in [-0.05, 0) is 47.6 Å². The Morgan fingerprint density at radius 1 is 1.05 bits per heavy atom. The monoisotopic (exact) mass is 288 g/mol. The number of hydrogen-bond donors (Lipinski definition) is 1. The summed E-state index contributed by atoms with van der Waals surface area (Å²) in [7, 11) is 0. The van der Waals surface area contributed by atoms with Crippen LogP contribution in [0.1, 0.15) is 42.2 Å². The summed E-state index contributed by atoms with van der Waals surface area (Å²) in [6.07, 6.45) is 0.439. The Morgan fingerprint density at radius 2 is 1.70 bits per heavy atom. The third kappa shape index (κ3) is 3.41. The summed E-state index contributed by atoms with van der Waals surface area (Å²) in [6, 6.07) is 13.8. The first kappa shape index (κ1) is 15.1. The average Bonchev–Trinajstić information content (AvgIpc) is 2.41. The van der Waals surface area contributed by atoms with Crippen molar-refractivity contribution in [3.8, 4) is 0 Å². The van der Waals surface area contributed by atoms with E-state index >= 15 is 0 Å². The van der Waals surface area contributed by atoms with E-state index in [-0.39, 0.29) is 0 Å². The largest absolute Gasteiger partial charge is 0.384 e. The number of rotatable bonds is 4. The molecule has 1 nitrogen and oxygen atoms in total. The Morgan fingerprint density at radius 3 is 2.30 bits per heavy atom. The van der Waals surface area contributed by atoms with Crippen LogP contribution in [0.15, 0.2) is 42.5 Å². The lowest BCUT2D eigenvalue weighted by Gasteiger charge is -2.15. The maximum atomic E-state index is 10.5. The van der Waals surface area contributed by atoms with Crippen molar-refractivity contribution in [1.29, 1.82) is 0 Å². The highest BCUT2D eigenvalue weighted by molar-refractivity contribution is 6.31. The second kappa shape index (κ2) is 6.43. The molecule has 1 atom stereocenters. The Bertz CT molecular complexity index is 572. The highest BCUT2D eigenvalue weighted by atomic mass is 35.5. The molecule has 0 bridgehead atoms. The summed E-state index contributed by atoms with van der Waals surface area (Å²) in [5, 5.41) is 11.2. The standard InChI is InChI=1S/C18H21ClO/c1-12(2)11-14-7-9-15(10-8-14)18(20)16-5-4-6-17(19)13(16)3/h4-10,12,18,20H,11H2,1-3H3. The van der Waals surface area contributed by atoms with Gasteiger partial charge in [0.1, 0.15) is 6.10 Å². The second-order valence-corrected chi connectivity index (χ2v) is 6.10. The molecule has 0 aliphatic rings. The molecule has 1 unspecified atom stereocenters. The number of benzene rings is 2. The molecule has 2 aromatic rings. The fourth-order valence-electron chi connectivity index (χ4n) is 2.41. The van der Waals surface area contributed by atoms with Crippen LogP contribution in [0.3, 0.4) is 0 Å². The van der Waals surface area contributed by atoms with Gasteiger partial charge in [0.15, 0.2) is 0 Å². The van der Waals surface area contributed by atoms with Gasteiger partial charge < -0.3 is 5.11 Å². The lowest BCUT2D eigenvalue weighted by molar-refractivity contribution is 0.219. The third-order valence-corrected chi connectivity index (χ3v) is 3.95. The summed E-state index contributed by atoms with van der Waals surface area (Å²) < 4.78 is 0. The highest BCUT2D eigenvalue weighted by Gasteiger charge is 2.14. The van der Waals surface area contributed by atoms with Gasteiger partial charge in [-0.1, -0.05) is 61.8 Å². The fraction of sp³-hybridized carbons (Fsp3) is 0.333.